The smallest absolute Gasteiger partial charge is 0.242 e. The molecule has 0 aliphatic heterocycles. The van der Waals surface area contributed by atoms with Gasteiger partial charge in [-0.3, -0.25) is 9.59 Å². The third kappa shape index (κ3) is 9.18. The molecule has 0 atom stereocenters. The largest absolute Gasteiger partial charge is 0.493 e. The van der Waals surface area contributed by atoms with Crippen molar-refractivity contribution in [3.63, 3.8) is 0 Å². The second kappa shape index (κ2) is 15.4. The fourth-order valence-corrected chi connectivity index (χ4v) is 5.33. The van der Waals surface area contributed by atoms with Gasteiger partial charge >= 0.3 is 0 Å². The van der Waals surface area contributed by atoms with Crippen LogP contribution in [0.3, 0.4) is 0 Å². The fraction of sp³-hybridized carbons (Fsp3) is 0.429. The number of hydrogen-bond donors (Lipinski definition) is 0. The number of ether oxygens (including phenoxy) is 3. The number of carbonyl (C=O) groups is 2. The number of methoxy groups -OCH3 is 2. The molecule has 1 aromatic carbocycles. The number of benzene rings is 1. The van der Waals surface area contributed by atoms with Crippen LogP contribution >= 0.6 is 22.7 Å². The lowest BCUT2D eigenvalue weighted by atomic mass is 10.1. The Bertz CT molecular complexity index is 1090. The minimum atomic E-state index is -0.0650. The molecule has 7 nitrogen and oxygen atoms in total. The van der Waals surface area contributed by atoms with Crippen LogP contribution in [0.1, 0.15) is 28.7 Å². The lowest BCUT2D eigenvalue weighted by Crippen LogP contribution is -2.44. The number of nitrogens with zero attached hydrogens (tertiary/aromatic N) is 2. The van der Waals surface area contributed by atoms with Crippen molar-refractivity contribution in [2.24, 2.45) is 0 Å². The summed E-state index contributed by atoms with van der Waals surface area (Å²) in [6.45, 7) is 4.71. The molecule has 0 saturated carbocycles. The summed E-state index contributed by atoms with van der Waals surface area (Å²) in [7, 11) is 3.22. The number of thiophene rings is 2. The molecule has 0 spiro atoms. The van der Waals surface area contributed by atoms with Gasteiger partial charge in [-0.15, -0.1) is 22.7 Å². The lowest BCUT2D eigenvalue weighted by Gasteiger charge is -2.28. The third-order valence-corrected chi connectivity index (χ3v) is 7.64. The average molecular weight is 545 g/mol. The van der Waals surface area contributed by atoms with E-state index < -0.39 is 0 Å². The monoisotopic (exact) mass is 544 g/mol. The summed E-state index contributed by atoms with van der Waals surface area (Å²) in [6.07, 6.45) is 1.65. The zero-order chi connectivity index (χ0) is 26.5. The van der Waals surface area contributed by atoms with Crippen LogP contribution in [0.15, 0.2) is 53.2 Å². The third-order valence-electron chi connectivity index (χ3n) is 5.90. The van der Waals surface area contributed by atoms with Crippen molar-refractivity contribution in [1.82, 2.24) is 9.80 Å². The molecule has 3 rings (SSSR count). The first-order valence-corrected chi connectivity index (χ1v) is 14.2. The molecule has 0 fully saturated rings. The number of amides is 2. The average Bonchev–Trinajstić information content (AvgIpc) is 3.62. The summed E-state index contributed by atoms with van der Waals surface area (Å²) in [5.41, 5.74) is 1.05. The second-order valence-electron chi connectivity index (χ2n) is 8.46. The first-order chi connectivity index (χ1) is 18.0. The molecule has 0 radical (unpaired) electrons. The molecule has 200 valence electrons. The van der Waals surface area contributed by atoms with E-state index in [0.29, 0.717) is 63.6 Å². The van der Waals surface area contributed by atoms with Crippen LogP contribution in [0.4, 0.5) is 0 Å². The molecular formula is C28H36N2O5S2. The summed E-state index contributed by atoms with van der Waals surface area (Å²) < 4.78 is 16.2. The van der Waals surface area contributed by atoms with Crippen LogP contribution in [0.2, 0.25) is 0 Å². The SMILES string of the molecule is CCOCCCN(CC(=O)N(CCc1ccc(OC)c(OC)c1)Cc1cccs1)C(=O)Cc1cccs1. The molecule has 2 amide bonds. The molecule has 9 heteroatoms. The predicted molar refractivity (Wildman–Crippen MR) is 149 cm³/mol. The van der Waals surface area contributed by atoms with E-state index in [1.807, 2.05) is 65.0 Å². The highest BCUT2D eigenvalue weighted by molar-refractivity contribution is 7.10. The van der Waals surface area contributed by atoms with Crippen molar-refractivity contribution in [1.29, 1.82) is 0 Å². The highest BCUT2D eigenvalue weighted by Gasteiger charge is 2.22. The van der Waals surface area contributed by atoms with Gasteiger partial charge in [0.25, 0.3) is 0 Å². The van der Waals surface area contributed by atoms with Crippen LogP contribution < -0.4 is 9.47 Å². The molecule has 0 saturated heterocycles. The van der Waals surface area contributed by atoms with E-state index in [0.717, 1.165) is 15.3 Å². The van der Waals surface area contributed by atoms with Gasteiger partial charge in [-0.05, 0) is 60.4 Å². The minimum absolute atomic E-state index is 0.0386. The topological polar surface area (TPSA) is 68.3 Å². The van der Waals surface area contributed by atoms with Gasteiger partial charge < -0.3 is 24.0 Å². The van der Waals surface area contributed by atoms with Crippen molar-refractivity contribution in [3.8, 4) is 11.5 Å². The Morgan fingerprint density at radius 1 is 0.865 bits per heavy atom. The maximum absolute atomic E-state index is 13.6. The Hall–Kier alpha value is -2.88. The number of carbonyl (C=O) groups excluding carboxylic acids is 2. The fourth-order valence-electron chi connectivity index (χ4n) is 3.91. The van der Waals surface area contributed by atoms with Crippen LogP contribution in [-0.4, -0.2) is 68.7 Å². The molecular weight excluding hydrogens is 508 g/mol. The van der Waals surface area contributed by atoms with Crippen molar-refractivity contribution in [2.45, 2.75) is 32.7 Å². The van der Waals surface area contributed by atoms with Gasteiger partial charge in [-0.25, -0.2) is 0 Å². The molecule has 0 aliphatic carbocycles. The highest BCUT2D eigenvalue weighted by atomic mass is 32.1. The zero-order valence-corrected chi connectivity index (χ0v) is 23.4. The molecule has 3 aromatic rings. The maximum Gasteiger partial charge on any atom is 0.242 e. The number of rotatable bonds is 16. The van der Waals surface area contributed by atoms with E-state index in [4.69, 9.17) is 14.2 Å². The van der Waals surface area contributed by atoms with Gasteiger partial charge in [0.15, 0.2) is 11.5 Å². The highest BCUT2D eigenvalue weighted by Crippen LogP contribution is 2.28. The van der Waals surface area contributed by atoms with Gasteiger partial charge in [0.05, 0.1) is 33.7 Å². The van der Waals surface area contributed by atoms with Gasteiger partial charge in [-0.1, -0.05) is 18.2 Å². The summed E-state index contributed by atoms with van der Waals surface area (Å²) in [5.74, 6) is 1.23. The number of hydrogen-bond acceptors (Lipinski definition) is 7. The normalized spacial score (nSPS) is 10.8. The van der Waals surface area contributed by atoms with Gasteiger partial charge in [0, 0.05) is 36.1 Å². The molecule has 2 heterocycles. The van der Waals surface area contributed by atoms with Crippen LogP contribution in [0.25, 0.3) is 0 Å². The van der Waals surface area contributed by atoms with Gasteiger partial charge in [-0.2, -0.15) is 0 Å². The molecule has 2 aromatic heterocycles. The Morgan fingerprint density at radius 3 is 2.24 bits per heavy atom. The van der Waals surface area contributed by atoms with Crippen molar-refractivity contribution >= 4 is 34.5 Å². The van der Waals surface area contributed by atoms with Crippen LogP contribution in [0.5, 0.6) is 11.5 Å². The maximum atomic E-state index is 13.6. The molecule has 0 aliphatic rings. The van der Waals surface area contributed by atoms with E-state index in [2.05, 4.69) is 0 Å². The minimum Gasteiger partial charge on any atom is -0.493 e. The second-order valence-corrected chi connectivity index (χ2v) is 10.5. The van der Waals surface area contributed by atoms with E-state index in [1.165, 1.54) is 0 Å². The van der Waals surface area contributed by atoms with E-state index in [-0.39, 0.29) is 18.4 Å². The molecule has 0 N–H and O–H groups in total. The lowest BCUT2D eigenvalue weighted by molar-refractivity contribution is -0.140. The quantitative estimate of drug-likeness (QED) is 0.240. The Morgan fingerprint density at radius 2 is 1.59 bits per heavy atom. The van der Waals surface area contributed by atoms with Crippen molar-refractivity contribution in [2.75, 3.05) is 47.1 Å². The van der Waals surface area contributed by atoms with E-state index in [9.17, 15) is 9.59 Å². The zero-order valence-electron chi connectivity index (χ0n) is 21.8. The first kappa shape index (κ1) is 28.7. The molecule has 0 unspecified atom stereocenters. The van der Waals surface area contributed by atoms with E-state index >= 15 is 0 Å². The van der Waals surface area contributed by atoms with Crippen molar-refractivity contribution in [3.05, 3.63) is 68.5 Å². The summed E-state index contributed by atoms with van der Waals surface area (Å²) in [6, 6.07) is 13.7. The molecule has 0 bridgehead atoms. The summed E-state index contributed by atoms with van der Waals surface area (Å²) in [5, 5.41) is 3.97. The summed E-state index contributed by atoms with van der Waals surface area (Å²) >= 11 is 3.18. The standard InChI is InChI=1S/C28H36N2O5S2/c1-4-35-15-7-13-29(27(31)19-23-8-5-16-36-23)21-28(32)30(20-24-9-6-17-37-24)14-12-22-10-11-25(33-2)26(18-22)34-3/h5-6,8-11,16-18H,4,7,12-15,19-21H2,1-3H3. The Kier molecular flexibility index (Phi) is 11.9. The van der Waals surface area contributed by atoms with Gasteiger partial charge in [0.2, 0.25) is 11.8 Å². The van der Waals surface area contributed by atoms with Gasteiger partial charge in [0.1, 0.15) is 0 Å². The Balaban J connectivity index is 1.71. The molecule has 37 heavy (non-hydrogen) atoms. The van der Waals surface area contributed by atoms with Crippen LogP contribution in [0, 0.1) is 0 Å². The summed E-state index contributed by atoms with van der Waals surface area (Å²) in [4.78, 5) is 32.4. The predicted octanol–water partition coefficient (Wildman–Crippen LogP) is 4.90. The van der Waals surface area contributed by atoms with E-state index in [1.54, 1.807) is 41.8 Å². The van der Waals surface area contributed by atoms with Crippen LogP contribution in [-0.2, 0) is 33.7 Å². The first-order valence-electron chi connectivity index (χ1n) is 12.4. The van der Waals surface area contributed by atoms with Crippen molar-refractivity contribution < 1.29 is 23.8 Å². The Labute approximate surface area is 227 Å².